The number of aromatic nitrogens is 2. The molecule has 0 bridgehead atoms. The van der Waals surface area contributed by atoms with Crippen molar-refractivity contribution in [1.82, 2.24) is 15.5 Å². The van der Waals surface area contributed by atoms with Gasteiger partial charge >= 0.3 is 0 Å². The average molecular weight is 273 g/mol. The highest BCUT2D eigenvalue weighted by atomic mass is 16.5. The van der Waals surface area contributed by atoms with E-state index in [1.165, 1.54) is 0 Å². The number of hydrogen-bond donors (Lipinski definition) is 1. The summed E-state index contributed by atoms with van der Waals surface area (Å²) in [5.41, 5.74) is 1.03. The lowest BCUT2D eigenvalue weighted by Crippen LogP contribution is -2.28. The summed E-state index contributed by atoms with van der Waals surface area (Å²) in [6.07, 6.45) is 1.97. The zero-order valence-electron chi connectivity index (χ0n) is 11.6. The van der Waals surface area contributed by atoms with Gasteiger partial charge in [0.15, 0.2) is 0 Å². The van der Waals surface area contributed by atoms with Crippen LogP contribution in [0.15, 0.2) is 34.9 Å². The SMILES string of the molecule is COC(c1ccccc1)c1noc([C@@H]2CCCNC2)n1. The molecule has 5 heteroatoms. The molecule has 1 aliphatic heterocycles. The molecule has 1 aromatic carbocycles. The number of methoxy groups -OCH3 is 1. The molecule has 0 saturated carbocycles. The fourth-order valence-electron chi connectivity index (χ4n) is 2.60. The van der Waals surface area contributed by atoms with Crippen molar-refractivity contribution in [2.24, 2.45) is 0 Å². The molecule has 1 fully saturated rings. The van der Waals surface area contributed by atoms with Crippen LogP contribution in [0, 0.1) is 0 Å². The van der Waals surface area contributed by atoms with Crippen LogP contribution >= 0.6 is 0 Å². The molecule has 2 aromatic rings. The fourth-order valence-corrected chi connectivity index (χ4v) is 2.60. The van der Waals surface area contributed by atoms with Crippen LogP contribution in [0.5, 0.6) is 0 Å². The van der Waals surface area contributed by atoms with Gasteiger partial charge in [0, 0.05) is 13.7 Å². The standard InChI is InChI=1S/C15H19N3O2/c1-19-13(11-6-3-2-4-7-11)14-17-15(20-18-14)12-8-5-9-16-10-12/h2-4,6-7,12-13,16H,5,8-10H2,1H3/t12-,13?/m1/s1. The minimum Gasteiger partial charge on any atom is -0.369 e. The molecule has 3 rings (SSSR count). The van der Waals surface area contributed by atoms with Crippen LogP contribution < -0.4 is 5.32 Å². The second-order valence-corrected chi connectivity index (χ2v) is 5.06. The van der Waals surface area contributed by atoms with E-state index in [0.717, 1.165) is 31.5 Å². The van der Waals surface area contributed by atoms with Crippen molar-refractivity contribution in [1.29, 1.82) is 0 Å². The molecule has 1 aromatic heterocycles. The molecule has 2 atom stereocenters. The van der Waals surface area contributed by atoms with Gasteiger partial charge in [-0.1, -0.05) is 35.5 Å². The van der Waals surface area contributed by atoms with Gasteiger partial charge in [0.25, 0.3) is 0 Å². The number of benzene rings is 1. The Labute approximate surface area is 118 Å². The monoisotopic (exact) mass is 273 g/mol. The van der Waals surface area contributed by atoms with Crippen LogP contribution in [0.2, 0.25) is 0 Å². The maximum Gasteiger partial charge on any atom is 0.231 e. The van der Waals surface area contributed by atoms with Gasteiger partial charge in [0.05, 0.1) is 5.92 Å². The van der Waals surface area contributed by atoms with Gasteiger partial charge in [-0.15, -0.1) is 0 Å². The van der Waals surface area contributed by atoms with Crippen molar-refractivity contribution >= 4 is 0 Å². The minimum absolute atomic E-state index is 0.273. The summed E-state index contributed by atoms with van der Waals surface area (Å²) in [6, 6.07) is 9.95. The molecule has 0 amide bonds. The summed E-state index contributed by atoms with van der Waals surface area (Å²) in [6.45, 7) is 1.98. The van der Waals surface area contributed by atoms with Crippen molar-refractivity contribution in [2.75, 3.05) is 20.2 Å². The summed E-state index contributed by atoms with van der Waals surface area (Å²) in [5, 5.41) is 7.46. The van der Waals surface area contributed by atoms with E-state index in [9.17, 15) is 0 Å². The molecular weight excluding hydrogens is 254 g/mol. The van der Waals surface area contributed by atoms with Crippen LogP contribution in [0.3, 0.4) is 0 Å². The Hall–Kier alpha value is -1.72. The third-order valence-corrected chi connectivity index (χ3v) is 3.68. The van der Waals surface area contributed by atoms with Crippen molar-refractivity contribution in [3.05, 3.63) is 47.6 Å². The van der Waals surface area contributed by atoms with Gasteiger partial charge in [-0.25, -0.2) is 0 Å². The van der Waals surface area contributed by atoms with Gasteiger partial charge < -0.3 is 14.6 Å². The van der Waals surface area contributed by atoms with Gasteiger partial charge in [-0.3, -0.25) is 0 Å². The van der Waals surface area contributed by atoms with Crippen molar-refractivity contribution < 1.29 is 9.26 Å². The lowest BCUT2D eigenvalue weighted by Gasteiger charge is -2.18. The van der Waals surface area contributed by atoms with Crippen molar-refractivity contribution in [2.45, 2.75) is 24.9 Å². The maximum absolute atomic E-state index is 5.52. The summed E-state index contributed by atoms with van der Waals surface area (Å²) in [4.78, 5) is 4.54. The fraction of sp³-hybridized carbons (Fsp3) is 0.467. The second kappa shape index (κ2) is 6.15. The van der Waals surface area contributed by atoms with E-state index in [-0.39, 0.29) is 6.10 Å². The summed E-state index contributed by atoms with van der Waals surface area (Å²) in [5.74, 6) is 1.63. The summed E-state index contributed by atoms with van der Waals surface area (Å²) in [7, 11) is 1.66. The Kier molecular flexibility index (Phi) is 4.08. The molecule has 0 aliphatic carbocycles. The van der Waals surface area contributed by atoms with E-state index in [4.69, 9.17) is 9.26 Å². The molecule has 5 nitrogen and oxygen atoms in total. The quantitative estimate of drug-likeness (QED) is 0.926. The Morgan fingerprint density at radius 1 is 1.35 bits per heavy atom. The van der Waals surface area contributed by atoms with Crippen LogP contribution in [0.1, 0.15) is 42.1 Å². The number of ether oxygens (including phenoxy) is 1. The van der Waals surface area contributed by atoms with E-state index < -0.39 is 0 Å². The smallest absolute Gasteiger partial charge is 0.231 e. The van der Waals surface area contributed by atoms with E-state index in [1.807, 2.05) is 30.3 Å². The predicted octanol–water partition coefficient (Wildman–Crippen LogP) is 2.27. The van der Waals surface area contributed by atoms with E-state index in [0.29, 0.717) is 17.6 Å². The number of rotatable bonds is 4. The average Bonchev–Trinajstić information content (AvgIpc) is 3.00. The highest BCUT2D eigenvalue weighted by Gasteiger charge is 2.25. The first-order valence-corrected chi connectivity index (χ1v) is 7.00. The van der Waals surface area contributed by atoms with Crippen LogP contribution in [-0.4, -0.2) is 30.3 Å². The normalized spacial score (nSPS) is 20.8. The zero-order chi connectivity index (χ0) is 13.8. The highest BCUT2D eigenvalue weighted by molar-refractivity contribution is 5.22. The van der Waals surface area contributed by atoms with Gasteiger partial charge in [-0.2, -0.15) is 4.98 Å². The Bertz CT molecular complexity index is 535. The molecular formula is C15H19N3O2. The first-order chi connectivity index (χ1) is 9.88. The Morgan fingerprint density at radius 2 is 2.20 bits per heavy atom. The number of nitrogens with one attached hydrogen (secondary N) is 1. The highest BCUT2D eigenvalue weighted by Crippen LogP contribution is 2.26. The zero-order valence-corrected chi connectivity index (χ0v) is 11.6. The summed E-state index contributed by atoms with van der Waals surface area (Å²) < 4.78 is 10.9. The van der Waals surface area contributed by atoms with Gasteiger partial charge in [0.2, 0.25) is 11.7 Å². The van der Waals surface area contributed by atoms with Gasteiger partial charge in [-0.05, 0) is 24.9 Å². The van der Waals surface area contributed by atoms with Crippen LogP contribution in [-0.2, 0) is 4.74 Å². The molecule has 20 heavy (non-hydrogen) atoms. The van der Waals surface area contributed by atoms with Gasteiger partial charge in [0.1, 0.15) is 6.10 Å². The largest absolute Gasteiger partial charge is 0.369 e. The molecule has 1 N–H and O–H groups in total. The second-order valence-electron chi connectivity index (χ2n) is 5.06. The van der Waals surface area contributed by atoms with E-state index in [1.54, 1.807) is 7.11 Å². The van der Waals surface area contributed by atoms with Crippen molar-refractivity contribution in [3.63, 3.8) is 0 Å². The molecule has 0 spiro atoms. The number of hydrogen-bond acceptors (Lipinski definition) is 5. The predicted molar refractivity (Wildman–Crippen MR) is 74.4 cm³/mol. The van der Waals surface area contributed by atoms with E-state index >= 15 is 0 Å². The maximum atomic E-state index is 5.52. The molecule has 2 heterocycles. The Balaban J connectivity index is 1.81. The van der Waals surface area contributed by atoms with Crippen molar-refractivity contribution in [3.8, 4) is 0 Å². The molecule has 1 unspecified atom stereocenters. The van der Waals surface area contributed by atoms with E-state index in [2.05, 4.69) is 15.5 Å². The lowest BCUT2D eigenvalue weighted by molar-refractivity contribution is 0.126. The van der Waals surface area contributed by atoms with Crippen LogP contribution in [0.4, 0.5) is 0 Å². The third-order valence-electron chi connectivity index (χ3n) is 3.68. The molecule has 106 valence electrons. The topological polar surface area (TPSA) is 60.2 Å². The first kappa shape index (κ1) is 13.3. The minimum atomic E-state index is -0.273. The summed E-state index contributed by atoms with van der Waals surface area (Å²) >= 11 is 0. The third kappa shape index (κ3) is 2.73. The van der Waals surface area contributed by atoms with Crippen LogP contribution in [0.25, 0.3) is 0 Å². The molecule has 1 aliphatic rings. The number of piperidine rings is 1. The molecule has 0 radical (unpaired) electrons. The molecule has 1 saturated heterocycles. The number of nitrogens with zero attached hydrogens (tertiary/aromatic N) is 2. The lowest BCUT2D eigenvalue weighted by atomic mass is 10.00. The Morgan fingerprint density at radius 3 is 2.90 bits per heavy atom. The first-order valence-electron chi connectivity index (χ1n) is 7.00.